The van der Waals surface area contributed by atoms with E-state index in [9.17, 15) is 19.2 Å². The van der Waals surface area contributed by atoms with Gasteiger partial charge in [0.05, 0.1) is 26.4 Å². The van der Waals surface area contributed by atoms with Crippen molar-refractivity contribution in [2.24, 2.45) is 10.8 Å². The average Bonchev–Trinajstić information content (AvgIpc) is 2.98. The zero-order valence-corrected chi connectivity index (χ0v) is 29.8. The fraction of sp³-hybridized carbons (Fsp3) is 0.765. The first-order chi connectivity index (χ1) is 20.7. The number of unbranched alkanes of at least 4 members (excludes halogenated alkanes) is 8. The highest BCUT2D eigenvalue weighted by Crippen LogP contribution is 2.34. The number of carbonyl (C=O) groups excluding carboxylic acids is 4. The molecule has 0 amide bonds. The fourth-order valence-electron chi connectivity index (χ4n) is 4.76. The van der Waals surface area contributed by atoms with Gasteiger partial charge in [-0.15, -0.1) is 13.2 Å². The SMILES string of the molecule is C=CCC(CCCCCCCCC)(C(=O)OCC)C(=O)OCC.C=CCC(CCCCCI)(C(=O)OCC)C(=O)OCC. The molecule has 250 valence electrons. The number of alkyl halides is 1. The summed E-state index contributed by atoms with van der Waals surface area (Å²) in [6, 6.07) is 0. The van der Waals surface area contributed by atoms with Gasteiger partial charge in [-0.25, -0.2) is 0 Å². The highest BCUT2D eigenvalue weighted by Gasteiger charge is 2.48. The van der Waals surface area contributed by atoms with Crippen molar-refractivity contribution >= 4 is 46.5 Å². The Morgan fingerprint density at radius 2 is 0.837 bits per heavy atom. The van der Waals surface area contributed by atoms with Crippen molar-refractivity contribution in [2.75, 3.05) is 30.9 Å². The van der Waals surface area contributed by atoms with Crippen LogP contribution in [-0.4, -0.2) is 54.7 Å². The molecule has 9 heteroatoms. The van der Waals surface area contributed by atoms with Crippen LogP contribution >= 0.6 is 22.6 Å². The minimum absolute atomic E-state index is 0.255. The molecule has 0 bridgehead atoms. The molecule has 0 unspecified atom stereocenters. The second-order valence-corrected chi connectivity index (χ2v) is 11.5. The van der Waals surface area contributed by atoms with Gasteiger partial charge in [0, 0.05) is 0 Å². The molecule has 0 aromatic rings. The highest BCUT2D eigenvalue weighted by atomic mass is 127. The Hall–Kier alpha value is -1.91. The molecule has 0 aromatic heterocycles. The molecule has 0 aromatic carbocycles. The van der Waals surface area contributed by atoms with Gasteiger partial charge >= 0.3 is 23.9 Å². The van der Waals surface area contributed by atoms with Crippen LogP contribution in [0.5, 0.6) is 0 Å². The minimum atomic E-state index is -1.23. The summed E-state index contributed by atoms with van der Waals surface area (Å²) in [5.74, 6) is -1.95. The third kappa shape index (κ3) is 16.7. The van der Waals surface area contributed by atoms with Crippen LogP contribution in [0.2, 0.25) is 0 Å². The van der Waals surface area contributed by atoms with E-state index in [4.69, 9.17) is 18.9 Å². The van der Waals surface area contributed by atoms with Crippen LogP contribution in [0, 0.1) is 10.8 Å². The van der Waals surface area contributed by atoms with Crippen molar-refractivity contribution < 1.29 is 38.1 Å². The van der Waals surface area contributed by atoms with E-state index >= 15 is 0 Å². The topological polar surface area (TPSA) is 105 Å². The van der Waals surface area contributed by atoms with Gasteiger partial charge in [0.2, 0.25) is 0 Å². The highest BCUT2D eigenvalue weighted by molar-refractivity contribution is 14.1. The summed E-state index contributed by atoms with van der Waals surface area (Å²) in [7, 11) is 0. The predicted octanol–water partition coefficient (Wildman–Crippen LogP) is 8.49. The Morgan fingerprint density at radius 3 is 1.12 bits per heavy atom. The minimum Gasteiger partial charge on any atom is -0.465 e. The first-order valence-corrected chi connectivity index (χ1v) is 17.7. The molecule has 0 aliphatic carbocycles. The molecule has 0 rings (SSSR count). The molecule has 0 radical (unpaired) electrons. The van der Waals surface area contributed by atoms with Gasteiger partial charge in [0.1, 0.15) is 0 Å². The number of halogens is 1. The lowest BCUT2D eigenvalue weighted by molar-refractivity contribution is -0.174. The van der Waals surface area contributed by atoms with Crippen molar-refractivity contribution in [3.05, 3.63) is 25.3 Å². The van der Waals surface area contributed by atoms with Gasteiger partial charge in [-0.3, -0.25) is 19.2 Å². The van der Waals surface area contributed by atoms with Crippen molar-refractivity contribution in [3.63, 3.8) is 0 Å². The van der Waals surface area contributed by atoms with Crippen LogP contribution in [0.3, 0.4) is 0 Å². The molecular weight excluding hydrogens is 663 g/mol. The molecule has 0 aliphatic heterocycles. The van der Waals surface area contributed by atoms with Crippen LogP contribution in [0.15, 0.2) is 25.3 Å². The predicted molar refractivity (Wildman–Crippen MR) is 181 cm³/mol. The maximum atomic E-state index is 12.4. The Kier molecular flexibility index (Phi) is 27.8. The van der Waals surface area contributed by atoms with Crippen molar-refractivity contribution in [3.8, 4) is 0 Å². The van der Waals surface area contributed by atoms with E-state index in [2.05, 4.69) is 42.7 Å². The average molecular weight is 723 g/mol. The van der Waals surface area contributed by atoms with E-state index in [1.54, 1.807) is 39.8 Å². The van der Waals surface area contributed by atoms with Crippen molar-refractivity contribution in [1.82, 2.24) is 0 Å². The van der Waals surface area contributed by atoms with E-state index in [0.29, 0.717) is 12.8 Å². The number of hydrogen-bond donors (Lipinski definition) is 0. The number of allylic oxidation sites excluding steroid dienone is 2. The summed E-state index contributed by atoms with van der Waals surface area (Å²) in [6.45, 7) is 17.5. The van der Waals surface area contributed by atoms with Crippen molar-refractivity contribution in [2.45, 2.75) is 125 Å². The van der Waals surface area contributed by atoms with Gasteiger partial charge < -0.3 is 18.9 Å². The zero-order valence-electron chi connectivity index (χ0n) is 27.6. The van der Waals surface area contributed by atoms with Crippen LogP contribution in [0.25, 0.3) is 0 Å². The van der Waals surface area contributed by atoms with Gasteiger partial charge in [-0.05, 0) is 64.2 Å². The molecule has 0 saturated carbocycles. The van der Waals surface area contributed by atoms with E-state index in [0.717, 1.165) is 43.0 Å². The lowest BCUT2D eigenvalue weighted by Crippen LogP contribution is -2.42. The lowest BCUT2D eigenvalue weighted by atomic mass is 9.79. The summed E-state index contributed by atoms with van der Waals surface area (Å²) in [5.41, 5.74) is -2.45. The first kappa shape index (κ1) is 43.2. The summed E-state index contributed by atoms with van der Waals surface area (Å²) in [4.78, 5) is 49.3. The number of carbonyl (C=O) groups is 4. The van der Waals surface area contributed by atoms with Crippen LogP contribution in [0.1, 0.15) is 125 Å². The Balaban J connectivity index is 0. The van der Waals surface area contributed by atoms with E-state index in [1.165, 1.54) is 25.7 Å². The van der Waals surface area contributed by atoms with Gasteiger partial charge in [0.15, 0.2) is 10.8 Å². The third-order valence-electron chi connectivity index (χ3n) is 7.09. The van der Waals surface area contributed by atoms with Gasteiger partial charge in [-0.1, -0.05) is 99.5 Å². The number of hydrogen-bond acceptors (Lipinski definition) is 8. The van der Waals surface area contributed by atoms with E-state index in [1.807, 2.05) is 0 Å². The lowest BCUT2D eigenvalue weighted by Gasteiger charge is -2.28. The van der Waals surface area contributed by atoms with Crippen LogP contribution in [-0.2, 0) is 38.1 Å². The molecule has 0 fully saturated rings. The Labute approximate surface area is 275 Å². The molecule has 0 saturated heterocycles. The zero-order chi connectivity index (χ0) is 33.0. The summed E-state index contributed by atoms with van der Waals surface area (Å²) < 4.78 is 21.6. The van der Waals surface area contributed by atoms with Gasteiger partial charge in [0.25, 0.3) is 0 Å². The quantitative estimate of drug-likeness (QED) is 0.0176. The smallest absolute Gasteiger partial charge is 0.323 e. The molecule has 0 aliphatic rings. The Morgan fingerprint density at radius 1 is 0.535 bits per heavy atom. The third-order valence-corrected chi connectivity index (χ3v) is 7.86. The van der Waals surface area contributed by atoms with E-state index < -0.39 is 34.7 Å². The second kappa shape index (κ2) is 27.6. The fourth-order valence-corrected chi connectivity index (χ4v) is 5.30. The maximum absolute atomic E-state index is 12.4. The number of ether oxygens (including phenoxy) is 4. The van der Waals surface area contributed by atoms with Gasteiger partial charge in [-0.2, -0.15) is 0 Å². The largest absolute Gasteiger partial charge is 0.465 e. The number of esters is 4. The maximum Gasteiger partial charge on any atom is 0.323 e. The van der Waals surface area contributed by atoms with E-state index in [-0.39, 0.29) is 39.3 Å². The molecule has 0 spiro atoms. The van der Waals surface area contributed by atoms with Crippen molar-refractivity contribution in [1.29, 1.82) is 0 Å². The summed E-state index contributed by atoms with van der Waals surface area (Å²) in [5, 5.41) is 0. The normalized spacial score (nSPS) is 11.0. The molecule has 0 heterocycles. The summed E-state index contributed by atoms with van der Waals surface area (Å²) in [6.07, 6.45) is 15.4. The van der Waals surface area contributed by atoms with Crippen LogP contribution < -0.4 is 0 Å². The first-order valence-electron chi connectivity index (χ1n) is 16.1. The molecule has 0 N–H and O–H groups in total. The molecule has 43 heavy (non-hydrogen) atoms. The summed E-state index contributed by atoms with van der Waals surface area (Å²) >= 11 is 2.32. The van der Waals surface area contributed by atoms with Crippen LogP contribution in [0.4, 0.5) is 0 Å². The molecule has 8 nitrogen and oxygen atoms in total. The second-order valence-electron chi connectivity index (χ2n) is 10.4. The monoisotopic (exact) mass is 722 g/mol. The molecule has 0 atom stereocenters. The molecular formula is C34H59IO8. The standard InChI is InChI=1S/C19H34O4.C15H25IO4/c1-5-9-10-11-12-13-14-16-19(15-6-2,17(20)22-7-3)18(21)23-8-4;1-4-10-15(13(17)19-5-2,14(18)20-6-3)11-8-7-9-12-16/h6H,2,5,7-16H2,1,3-4H3;4H,1,5-12H2,2-3H3. The number of rotatable bonds is 25. The Bertz CT molecular complexity index is 759.